The van der Waals surface area contributed by atoms with Crippen LogP contribution in [0.5, 0.6) is 0 Å². The van der Waals surface area contributed by atoms with Crippen LogP contribution in [-0.2, 0) is 0 Å². The third kappa shape index (κ3) is 2.60. The number of hydrogen-bond donors (Lipinski definition) is 2. The van der Waals surface area contributed by atoms with Crippen LogP contribution < -0.4 is 11.1 Å². The van der Waals surface area contributed by atoms with E-state index in [1.165, 1.54) is 0 Å². The van der Waals surface area contributed by atoms with E-state index >= 15 is 0 Å². The van der Waals surface area contributed by atoms with Gasteiger partial charge in [-0.3, -0.25) is 4.79 Å². The summed E-state index contributed by atoms with van der Waals surface area (Å²) in [7, 11) is 0. The van der Waals surface area contributed by atoms with E-state index in [1.807, 2.05) is 44.2 Å². The molecule has 3 N–H and O–H groups in total. The van der Waals surface area contributed by atoms with Crippen molar-refractivity contribution in [3.63, 3.8) is 0 Å². The monoisotopic (exact) mass is 280 g/mol. The van der Waals surface area contributed by atoms with Gasteiger partial charge in [0.25, 0.3) is 5.91 Å². The maximum Gasteiger partial charge on any atom is 0.291 e. The molecule has 2 aromatic carbocycles. The molecular formula is C17H16N2O2. The molecule has 0 bridgehead atoms. The Morgan fingerprint density at radius 2 is 1.90 bits per heavy atom. The maximum absolute atomic E-state index is 12.2. The average Bonchev–Trinajstić information content (AvgIpc) is 2.86. The van der Waals surface area contributed by atoms with E-state index in [0.717, 1.165) is 16.5 Å². The Balaban J connectivity index is 1.87. The molecule has 21 heavy (non-hydrogen) atoms. The molecule has 1 amide bonds. The number of anilines is 2. The second-order valence-corrected chi connectivity index (χ2v) is 5.18. The number of carbonyl (C=O) groups excluding carboxylic acids is 1. The van der Waals surface area contributed by atoms with Gasteiger partial charge in [0.1, 0.15) is 5.58 Å². The predicted octanol–water partition coefficient (Wildman–Crippen LogP) is 3.88. The topological polar surface area (TPSA) is 68.3 Å². The quantitative estimate of drug-likeness (QED) is 0.700. The molecule has 0 aliphatic rings. The second kappa shape index (κ2) is 4.98. The molecule has 0 atom stereocenters. The smallest absolute Gasteiger partial charge is 0.291 e. The van der Waals surface area contributed by atoms with Crippen molar-refractivity contribution in [1.29, 1.82) is 0 Å². The zero-order chi connectivity index (χ0) is 15.0. The molecule has 4 heteroatoms. The van der Waals surface area contributed by atoms with Crippen LogP contribution in [0.1, 0.15) is 21.7 Å². The van der Waals surface area contributed by atoms with E-state index < -0.39 is 0 Å². The van der Waals surface area contributed by atoms with Crippen molar-refractivity contribution in [2.24, 2.45) is 0 Å². The number of furan rings is 1. The van der Waals surface area contributed by atoms with Gasteiger partial charge < -0.3 is 15.5 Å². The van der Waals surface area contributed by atoms with Gasteiger partial charge in [0.15, 0.2) is 5.76 Å². The van der Waals surface area contributed by atoms with Gasteiger partial charge in [-0.05, 0) is 49.7 Å². The fraction of sp³-hybridized carbons (Fsp3) is 0.118. The summed E-state index contributed by atoms with van der Waals surface area (Å²) in [4.78, 5) is 12.2. The minimum absolute atomic E-state index is 0.285. The molecule has 0 radical (unpaired) electrons. The molecule has 3 aromatic rings. The van der Waals surface area contributed by atoms with Crippen LogP contribution in [0.25, 0.3) is 11.0 Å². The molecule has 0 aliphatic heterocycles. The Labute approximate surface area is 122 Å². The first-order valence-electron chi connectivity index (χ1n) is 6.70. The van der Waals surface area contributed by atoms with Crippen LogP contribution in [0.15, 0.2) is 46.9 Å². The van der Waals surface area contributed by atoms with E-state index in [1.54, 1.807) is 12.1 Å². The zero-order valence-corrected chi connectivity index (χ0v) is 11.9. The fourth-order valence-electron chi connectivity index (χ4n) is 2.19. The Morgan fingerprint density at radius 1 is 1.10 bits per heavy atom. The molecule has 1 aromatic heterocycles. The van der Waals surface area contributed by atoms with Gasteiger partial charge in [-0.25, -0.2) is 0 Å². The third-order valence-corrected chi connectivity index (χ3v) is 3.43. The van der Waals surface area contributed by atoms with Crippen LogP contribution in [0.4, 0.5) is 11.4 Å². The summed E-state index contributed by atoms with van der Waals surface area (Å²) in [5.74, 6) is 0.00172. The Bertz CT molecular complexity index is 834. The number of benzene rings is 2. The van der Waals surface area contributed by atoms with Crippen molar-refractivity contribution < 1.29 is 9.21 Å². The van der Waals surface area contributed by atoms with E-state index in [4.69, 9.17) is 10.2 Å². The van der Waals surface area contributed by atoms with Gasteiger partial charge in [0.05, 0.1) is 0 Å². The molecule has 106 valence electrons. The van der Waals surface area contributed by atoms with Crippen LogP contribution in [0, 0.1) is 13.8 Å². The van der Waals surface area contributed by atoms with Crippen molar-refractivity contribution in [3.05, 3.63) is 59.4 Å². The summed E-state index contributed by atoms with van der Waals surface area (Å²) in [6, 6.07) is 13.0. The average molecular weight is 280 g/mol. The number of nitrogen functional groups attached to an aromatic ring is 1. The molecule has 0 aliphatic carbocycles. The van der Waals surface area contributed by atoms with Crippen LogP contribution in [0.3, 0.4) is 0 Å². The highest BCUT2D eigenvalue weighted by Gasteiger charge is 2.13. The van der Waals surface area contributed by atoms with Gasteiger partial charge in [0.2, 0.25) is 0 Å². The van der Waals surface area contributed by atoms with Gasteiger partial charge in [-0.15, -0.1) is 0 Å². The Kier molecular flexibility index (Phi) is 3.14. The van der Waals surface area contributed by atoms with E-state index in [0.29, 0.717) is 17.0 Å². The number of nitrogens with one attached hydrogen (secondary N) is 1. The Hall–Kier alpha value is -2.75. The predicted molar refractivity (Wildman–Crippen MR) is 84.5 cm³/mol. The lowest BCUT2D eigenvalue weighted by atomic mass is 10.2. The van der Waals surface area contributed by atoms with E-state index in [-0.39, 0.29) is 11.7 Å². The first-order chi connectivity index (χ1) is 10.0. The first kappa shape index (κ1) is 13.2. The third-order valence-electron chi connectivity index (χ3n) is 3.43. The summed E-state index contributed by atoms with van der Waals surface area (Å²) >= 11 is 0. The minimum Gasteiger partial charge on any atom is -0.451 e. The molecule has 0 saturated carbocycles. The molecule has 1 heterocycles. The number of hydrogen-bond acceptors (Lipinski definition) is 3. The number of carbonyl (C=O) groups is 1. The highest BCUT2D eigenvalue weighted by Crippen LogP contribution is 2.22. The van der Waals surface area contributed by atoms with Crippen LogP contribution in [-0.4, -0.2) is 5.91 Å². The molecule has 0 saturated heterocycles. The van der Waals surface area contributed by atoms with Crippen LogP contribution >= 0.6 is 0 Å². The molecule has 0 fully saturated rings. The van der Waals surface area contributed by atoms with Crippen LogP contribution in [0.2, 0.25) is 0 Å². The van der Waals surface area contributed by atoms with Gasteiger partial charge >= 0.3 is 0 Å². The number of aryl methyl sites for hydroxylation is 2. The summed E-state index contributed by atoms with van der Waals surface area (Å²) in [5.41, 5.74) is 9.95. The summed E-state index contributed by atoms with van der Waals surface area (Å²) < 4.78 is 5.57. The number of nitrogens with two attached hydrogens (primary N) is 1. The number of amides is 1. The number of fused-ring (bicyclic) bond motifs is 1. The lowest BCUT2D eigenvalue weighted by molar-refractivity contribution is 0.0998. The SMILES string of the molecule is Cc1ccc2oc(C(=O)Nc3ccc(C)c(N)c3)cc2c1. The second-order valence-electron chi connectivity index (χ2n) is 5.18. The molecule has 0 unspecified atom stereocenters. The molecule has 4 nitrogen and oxygen atoms in total. The molecule has 3 rings (SSSR count). The van der Waals surface area contributed by atoms with Crippen molar-refractivity contribution >= 4 is 28.3 Å². The summed E-state index contributed by atoms with van der Waals surface area (Å²) in [5, 5.41) is 3.71. The first-order valence-corrected chi connectivity index (χ1v) is 6.70. The van der Waals surface area contributed by atoms with Gasteiger partial charge in [0, 0.05) is 16.8 Å². The normalized spacial score (nSPS) is 10.8. The van der Waals surface area contributed by atoms with E-state index in [9.17, 15) is 4.79 Å². The lowest BCUT2D eigenvalue weighted by Crippen LogP contribution is -2.11. The van der Waals surface area contributed by atoms with Crippen molar-refractivity contribution in [3.8, 4) is 0 Å². The van der Waals surface area contributed by atoms with Crippen molar-refractivity contribution in [2.75, 3.05) is 11.1 Å². The minimum atomic E-state index is -0.285. The zero-order valence-electron chi connectivity index (χ0n) is 11.9. The Morgan fingerprint density at radius 3 is 2.67 bits per heavy atom. The number of rotatable bonds is 2. The van der Waals surface area contributed by atoms with Gasteiger partial charge in [-0.2, -0.15) is 0 Å². The summed E-state index contributed by atoms with van der Waals surface area (Å²) in [6.45, 7) is 3.92. The lowest BCUT2D eigenvalue weighted by Gasteiger charge is -2.05. The maximum atomic E-state index is 12.2. The largest absolute Gasteiger partial charge is 0.451 e. The summed E-state index contributed by atoms with van der Waals surface area (Å²) in [6.07, 6.45) is 0. The highest BCUT2D eigenvalue weighted by atomic mass is 16.3. The van der Waals surface area contributed by atoms with E-state index in [2.05, 4.69) is 5.32 Å². The van der Waals surface area contributed by atoms with Crippen molar-refractivity contribution in [2.45, 2.75) is 13.8 Å². The fourth-order valence-corrected chi connectivity index (χ4v) is 2.19. The standard InChI is InChI=1S/C17H16N2O2/c1-10-3-6-15-12(7-10)8-16(21-15)17(20)19-13-5-4-11(2)14(18)9-13/h3-9H,18H2,1-2H3,(H,19,20). The van der Waals surface area contributed by atoms with Gasteiger partial charge in [-0.1, -0.05) is 17.7 Å². The molecular weight excluding hydrogens is 264 g/mol. The van der Waals surface area contributed by atoms with Crippen molar-refractivity contribution in [1.82, 2.24) is 0 Å². The highest BCUT2D eigenvalue weighted by molar-refractivity contribution is 6.04. The molecule has 0 spiro atoms.